The van der Waals surface area contributed by atoms with Crippen molar-refractivity contribution >= 4 is 5.91 Å². The zero-order chi connectivity index (χ0) is 21.5. The number of imidazole rings is 1. The first kappa shape index (κ1) is 22.4. The van der Waals surface area contributed by atoms with Crippen LogP contribution in [0.5, 0.6) is 0 Å². The van der Waals surface area contributed by atoms with E-state index in [0.29, 0.717) is 31.6 Å². The minimum Gasteiger partial charge on any atom is -0.379 e. The molecule has 2 heterocycles. The van der Waals surface area contributed by atoms with E-state index in [2.05, 4.69) is 9.88 Å². The number of ether oxygens (including phenoxy) is 1. The largest absolute Gasteiger partial charge is 0.379 e. The molecule has 3 rings (SSSR count). The Kier molecular flexibility index (Phi) is 7.93. The third-order valence-corrected chi connectivity index (χ3v) is 5.20. The Labute approximate surface area is 176 Å². The molecule has 8 heteroatoms. The maximum absolute atomic E-state index is 13.6. The molecule has 1 aliphatic heterocycles. The van der Waals surface area contributed by atoms with E-state index in [1.807, 2.05) is 23.3 Å². The summed E-state index contributed by atoms with van der Waals surface area (Å²) in [5.41, 5.74) is 0.640. The van der Waals surface area contributed by atoms with E-state index in [1.54, 1.807) is 18.5 Å². The Morgan fingerprint density at radius 3 is 2.70 bits per heavy atom. The normalized spacial score (nSPS) is 15.0. The molecule has 1 amide bonds. The Bertz CT molecular complexity index is 834. The maximum Gasteiger partial charge on any atom is 0.223 e. The van der Waals surface area contributed by atoms with E-state index in [4.69, 9.17) is 4.74 Å². The topological polar surface area (TPSA) is 50.6 Å². The van der Waals surface area contributed by atoms with Crippen molar-refractivity contribution in [1.29, 1.82) is 0 Å². The van der Waals surface area contributed by atoms with Crippen molar-refractivity contribution in [3.63, 3.8) is 0 Å². The summed E-state index contributed by atoms with van der Waals surface area (Å²) >= 11 is 0. The van der Waals surface area contributed by atoms with E-state index in [0.717, 1.165) is 44.7 Å². The highest BCUT2D eigenvalue weighted by Gasteiger charge is 2.20. The fourth-order valence-electron chi connectivity index (χ4n) is 3.50. The van der Waals surface area contributed by atoms with Crippen LogP contribution in [0.1, 0.15) is 31.7 Å². The number of morpholine rings is 1. The predicted octanol–water partition coefficient (Wildman–Crippen LogP) is 2.92. The molecular formula is C22H30F2N4O2. The summed E-state index contributed by atoms with van der Waals surface area (Å²) in [5, 5.41) is 0. The molecular weight excluding hydrogens is 390 g/mol. The molecule has 0 bridgehead atoms. The Balaban J connectivity index is 1.69. The fourth-order valence-corrected chi connectivity index (χ4v) is 3.50. The van der Waals surface area contributed by atoms with Crippen LogP contribution in [0.3, 0.4) is 0 Å². The van der Waals surface area contributed by atoms with Crippen LogP contribution < -0.4 is 0 Å². The van der Waals surface area contributed by atoms with Gasteiger partial charge in [0.25, 0.3) is 0 Å². The van der Waals surface area contributed by atoms with Gasteiger partial charge >= 0.3 is 0 Å². The van der Waals surface area contributed by atoms with Crippen LogP contribution in [0, 0.1) is 17.6 Å². The number of amides is 1. The Hall–Kier alpha value is -2.32. The van der Waals surface area contributed by atoms with Gasteiger partial charge in [-0.3, -0.25) is 9.69 Å². The van der Waals surface area contributed by atoms with E-state index in [-0.39, 0.29) is 11.8 Å². The van der Waals surface area contributed by atoms with Crippen molar-refractivity contribution < 1.29 is 18.3 Å². The summed E-state index contributed by atoms with van der Waals surface area (Å²) in [6.45, 7) is 9.39. The predicted molar refractivity (Wildman–Crippen MR) is 110 cm³/mol. The molecule has 1 aromatic heterocycles. The minimum absolute atomic E-state index is 0.0978. The van der Waals surface area contributed by atoms with Crippen LogP contribution >= 0.6 is 0 Å². The molecule has 0 saturated carbocycles. The van der Waals surface area contributed by atoms with Crippen molar-refractivity contribution in [1.82, 2.24) is 19.4 Å². The van der Waals surface area contributed by atoms with E-state index < -0.39 is 11.6 Å². The molecule has 2 aromatic rings. The van der Waals surface area contributed by atoms with E-state index in [9.17, 15) is 13.6 Å². The van der Waals surface area contributed by atoms with Gasteiger partial charge < -0.3 is 14.2 Å². The lowest BCUT2D eigenvalue weighted by Crippen LogP contribution is -2.43. The molecule has 6 nitrogen and oxygen atoms in total. The number of rotatable bonds is 9. The van der Waals surface area contributed by atoms with Crippen LogP contribution in [0.4, 0.5) is 8.78 Å². The van der Waals surface area contributed by atoms with Crippen LogP contribution in [0.15, 0.2) is 30.6 Å². The first-order valence-electron chi connectivity index (χ1n) is 10.4. The van der Waals surface area contributed by atoms with Gasteiger partial charge in [0, 0.05) is 51.5 Å². The number of benzene rings is 1. The first-order valence-corrected chi connectivity index (χ1v) is 10.4. The molecule has 0 unspecified atom stereocenters. The van der Waals surface area contributed by atoms with Gasteiger partial charge in [-0.15, -0.1) is 0 Å². The number of halogens is 2. The summed E-state index contributed by atoms with van der Waals surface area (Å²) in [6, 6.07) is 3.88. The summed E-state index contributed by atoms with van der Waals surface area (Å²) < 4.78 is 34.0. The average Bonchev–Trinajstić information content (AvgIpc) is 3.14. The van der Waals surface area contributed by atoms with Gasteiger partial charge in [-0.05, 0) is 23.6 Å². The molecule has 0 radical (unpaired) electrons. The van der Waals surface area contributed by atoms with Crippen LogP contribution in [0.25, 0.3) is 0 Å². The molecule has 30 heavy (non-hydrogen) atoms. The first-order chi connectivity index (χ1) is 14.4. The molecule has 164 valence electrons. The third-order valence-electron chi connectivity index (χ3n) is 5.20. The zero-order valence-electron chi connectivity index (χ0n) is 17.7. The van der Waals surface area contributed by atoms with Gasteiger partial charge in [0.15, 0.2) is 11.6 Å². The molecule has 0 spiro atoms. The quantitative estimate of drug-likeness (QED) is 0.626. The highest BCUT2D eigenvalue weighted by Crippen LogP contribution is 2.14. The molecule has 1 saturated heterocycles. The summed E-state index contributed by atoms with van der Waals surface area (Å²) in [5.74, 6) is -0.642. The van der Waals surface area contributed by atoms with Crippen LogP contribution in [0.2, 0.25) is 0 Å². The number of nitrogens with zero attached hydrogens (tertiary/aromatic N) is 4. The second-order valence-corrected chi connectivity index (χ2v) is 8.09. The van der Waals surface area contributed by atoms with Crippen molar-refractivity contribution in [3.05, 3.63) is 53.6 Å². The second-order valence-electron chi connectivity index (χ2n) is 8.09. The monoisotopic (exact) mass is 420 g/mol. The smallest absolute Gasteiger partial charge is 0.223 e. The summed E-state index contributed by atoms with van der Waals surface area (Å²) in [4.78, 5) is 21.4. The summed E-state index contributed by atoms with van der Waals surface area (Å²) in [6.07, 6.45) is 3.94. The van der Waals surface area contributed by atoms with E-state index >= 15 is 0 Å². The molecule has 0 N–H and O–H groups in total. The van der Waals surface area contributed by atoms with Crippen LogP contribution in [-0.2, 0) is 22.6 Å². The second kappa shape index (κ2) is 10.6. The van der Waals surface area contributed by atoms with Gasteiger partial charge in [-0.1, -0.05) is 19.9 Å². The average molecular weight is 421 g/mol. The molecule has 1 fully saturated rings. The fraction of sp³-hybridized carbons (Fsp3) is 0.545. The highest BCUT2D eigenvalue weighted by atomic mass is 19.2. The Morgan fingerprint density at radius 1 is 1.23 bits per heavy atom. The van der Waals surface area contributed by atoms with Crippen molar-refractivity contribution in [2.75, 3.05) is 39.4 Å². The van der Waals surface area contributed by atoms with E-state index in [1.165, 1.54) is 6.07 Å². The molecule has 1 aliphatic rings. The van der Waals surface area contributed by atoms with Crippen LogP contribution in [-0.4, -0.2) is 64.7 Å². The number of carbonyl (C=O) groups is 1. The van der Waals surface area contributed by atoms with Gasteiger partial charge in [-0.25, -0.2) is 13.8 Å². The van der Waals surface area contributed by atoms with Gasteiger partial charge in [0.1, 0.15) is 5.82 Å². The van der Waals surface area contributed by atoms with Gasteiger partial charge in [0.05, 0.1) is 19.8 Å². The van der Waals surface area contributed by atoms with Gasteiger partial charge in [0.2, 0.25) is 5.91 Å². The third kappa shape index (κ3) is 6.34. The van der Waals surface area contributed by atoms with Crippen molar-refractivity contribution in [2.45, 2.75) is 33.4 Å². The highest BCUT2D eigenvalue weighted by molar-refractivity contribution is 5.76. The molecule has 0 aliphatic carbocycles. The maximum atomic E-state index is 13.6. The Morgan fingerprint density at radius 2 is 2.00 bits per heavy atom. The lowest BCUT2D eigenvalue weighted by Gasteiger charge is -2.30. The number of carbonyl (C=O) groups excluding carboxylic acids is 1. The minimum atomic E-state index is -0.867. The van der Waals surface area contributed by atoms with Crippen molar-refractivity contribution in [2.24, 2.45) is 5.92 Å². The SMILES string of the molecule is CC(C)CC(=O)N(CCN1CCOCC1)Cc1nccn1Cc1ccc(F)c(F)c1. The van der Waals surface area contributed by atoms with Gasteiger partial charge in [-0.2, -0.15) is 0 Å². The van der Waals surface area contributed by atoms with Crippen molar-refractivity contribution in [3.8, 4) is 0 Å². The molecule has 0 atom stereocenters. The number of aromatic nitrogens is 2. The summed E-state index contributed by atoms with van der Waals surface area (Å²) in [7, 11) is 0. The zero-order valence-corrected chi connectivity index (χ0v) is 17.7. The lowest BCUT2D eigenvalue weighted by molar-refractivity contribution is -0.133. The standard InChI is InChI=1S/C22H30F2N4O2/c1-17(2)13-22(29)28(8-7-26-9-11-30-12-10-26)16-21-25-5-6-27(21)15-18-3-4-19(23)20(24)14-18/h3-6,14,17H,7-13,15-16H2,1-2H3. The molecule has 1 aromatic carbocycles. The number of hydrogen-bond donors (Lipinski definition) is 0. The number of hydrogen-bond acceptors (Lipinski definition) is 4. The lowest BCUT2D eigenvalue weighted by atomic mass is 10.1.